The average molecular weight is 349 g/mol. The maximum absolute atomic E-state index is 12.8. The highest BCUT2D eigenvalue weighted by Gasteiger charge is 2.56. The summed E-state index contributed by atoms with van der Waals surface area (Å²) in [6, 6.07) is 8.42. The van der Waals surface area contributed by atoms with Gasteiger partial charge in [-0.25, -0.2) is 0 Å². The maximum atomic E-state index is 12.8. The Kier molecular flexibility index (Phi) is 7.78. The van der Waals surface area contributed by atoms with Crippen molar-refractivity contribution in [2.75, 3.05) is 19.8 Å². The molecular formula is C18H23NO6. The molecule has 0 spiro atoms. The highest BCUT2D eigenvalue weighted by atomic mass is 16.6. The molecule has 0 N–H and O–H groups in total. The minimum atomic E-state index is -1.86. The molecule has 1 aromatic carbocycles. The molecule has 1 rings (SSSR count). The van der Waals surface area contributed by atoms with Crippen LogP contribution in [-0.2, 0) is 19.1 Å². The molecular weight excluding hydrogens is 326 g/mol. The molecule has 0 aliphatic rings. The van der Waals surface area contributed by atoms with Gasteiger partial charge in [-0.15, -0.1) is 6.58 Å². The van der Waals surface area contributed by atoms with E-state index < -0.39 is 34.7 Å². The molecule has 1 atom stereocenters. The predicted molar refractivity (Wildman–Crippen MR) is 91.6 cm³/mol. The number of carbonyl (C=O) groups excluding carboxylic acids is 2. The Labute approximate surface area is 146 Å². The molecule has 0 unspecified atom stereocenters. The second kappa shape index (κ2) is 9.56. The highest BCUT2D eigenvalue weighted by molar-refractivity contribution is 6.01. The lowest BCUT2D eigenvalue weighted by Crippen LogP contribution is -2.48. The van der Waals surface area contributed by atoms with Crippen LogP contribution in [0.1, 0.15) is 31.7 Å². The molecule has 136 valence electrons. The first kappa shape index (κ1) is 20.3. The molecule has 0 aliphatic carbocycles. The predicted octanol–water partition coefficient (Wildman–Crippen LogP) is 2.74. The largest absolute Gasteiger partial charge is 0.465 e. The van der Waals surface area contributed by atoms with Gasteiger partial charge in [0.25, 0.3) is 0 Å². The Balaban J connectivity index is 3.59. The summed E-state index contributed by atoms with van der Waals surface area (Å²) in [5.41, 5.74) is -1.37. The normalized spacial score (nSPS) is 12.1. The third kappa shape index (κ3) is 4.65. The Bertz CT molecular complexity index is 595. The van der Waals surface area contributed by atoms with E-state index in [9.17, 15) is 19.7 Å². The topological polar surface area (TPSA) is 95.7 Å². The number of hydrogen-bond acceptors (Lipinski definition) is 6. The number of benzene rings is 1. The van der Waals surface area contributed by atoms with Crippen LogP contribution >= 0.6 is 0 Å². The van der Waals surface area contributed by atoms with Crippen molar-refractivity contribution in [2.24, 2.45) is 5.41 Å². The zero-order valence-electron chi connectivity index (χ0n) is 14.5. The standard InChI is InChI=1S/C18H23NO6/c1-4-12-18(16(20)24-5-2,17(21)25-6-3)15(13-19(22)23)14-10-8-7-9-11-14/h4,7-11,15H,1,5-6,12-13H2,2-3H3/t15-/m1/s1. The molecule has 0 saturated carbocycles. The molecule has 0 amide bonds. The van der Waals surface area contributed by atoms with E-state index >= 15 is 0 Å². The van der Waals surface area contributed by atoms with Crippen LogP contribution in [0.2, 0.25) is 0 Å². The number of esters is 2. The Morgan fingerprint density at radius 1 is 1.20 bits per heavy atom. The van der Waals surface area contributed by atoms with Crippen molar-refractivity contribution in [3.8, 4) is 0 Å². The first-order chi connectivity index (χ1) is 11.9. The number of allylic oxidation sites excluding steroid dienone is 1. The summed E-state index contributed by atoms with van der Waals surface area (Å²) in [4.78, 5) is 36.3. The van der Waals surface area contributed by atoms with E-state index in [2.05, 4.69) is 6.58 Å². The van der Waals surface area contributed by atoms with E-state index in [0.717, 1.165) is 0 Å². The van der Waals surface area contributed by atoms with E-state index in [1.807, 2.05) is 0 Å². The van der Waals surface area contributed by atoms with E-state index in [1.54, 1.807) is 44.2 Å². The van der Waals surface area contributed by atoms with Crippen molar-refractivity contribution >= 4 is 11.9 Å². The van der Waals surface area contributed by atoms with Crippen molar-refractivity contribution in [1.29, 1.82) is 0 Å². The molecule has 0 aliphatic heterocycles. The van der Waals surface area contributed by atoms with Crippen LogP contribution in [0.15, 0.2) is 43.0 Å². The average Bonchev–Trinajstić information content (AvgIpc) is 2.58. The zero-order valence-corrected chi connectivity index (χ0v) is 14.5. The summed E-state index contributed by atoms with van der Waals surface area (Å²) in [7, 11) is 0. The van der Waals surface area contributed by atoms with Crippen LogP contribution in [-0.4, -0.2) is 36.6 Å². The van der Waals surface area contributed by atoms with Gasteiger partial charge in [0.15, 0.2) is 5.41 Å². The summed E-state index contributed by atoms with van der Waals surface area (Å²) in [5.74, 6) is -2.73. The van der Waals surface area contributed by atoms with Crippen molar-refractivity contribution in [1.82, 2.24) is 0 Å². The van der Waals surface area contributed by atoms with E-state index in [1.165, 1.54) is 6.08 Å². The van der Waals surface area contributed by atoms with Crippen LogP contribution < -0.4 is 0 Å². The van der Waals surface area contributed by atoms with Gasteiger partial charge in [0, 0.05) is 4.92 Å². The van der Waals surface area contributed by atoms with Gasteiger partial charge < -0.3 is 9.47 Å². The minimum Gasteiger partial charge on any atom is -0.465 e. The molecule has 0 bridgehead atoms. The van der Waals surface area contributed by atoms with Crippen molar-refractivity contribution < 1.29 is 24.0 Å². The van der Waals surface area contributed by atoms with Crippen LogP contribution in [0, 0.1) is 15.5 Å². The third-order valence-corrected chi connectivity index (χ3v) is 3.87. The van der Waals surface area contributed by atoms with Crippen molar-refractivity contribution in [3.05, 3.63) is 58.7 Å². The lowest BCUT2D eigenvalue weighted by Gasteiger charge is -2.33. The second-order valence-corrected chi connectivity index (χ2v) is 5.38. The summed E-state index contributed by atoms with van der Waals surface area (Å²) >= 11 is 0. The lowest BCUT2D eigenvalue weighted by molar-refractivity contribution is -0.485. The van der Waals surface area contributed by atoms with Gasteiger partial charge in [-0.05, 0) is 25.8 Å². The van der Waals surface area contributed by atoms with E-state index in [-0.39, 0.29) is 19.6 Å². The molecule has 0 radical (unpaired) electrons. The van der Waals surface area contributed by atoms with E-state index in [0.29, 0.717) is 5.56 Å². The summed E-state index contributed by atoms with van der Waals surface area (Å²) in [6.07, 6.45) is 1.25. The van der Waals surface area contributed by atoms with Gasteiger partial charge in [-0.1, -0.05) is 36.4 Å². The third-order valence-electron chi connectivity index (χ3n) is 3.87. The molecule has 7 heteroatoms. The fraction of sp³-hybridized carbons (Fsp3) is 0.444. The summed E-state index contributed by atoms with van der Waals surface area (Å²) < 4.78 is 10.2. The van der Waals surface area contributed by atoms with Gasteiger partial charge in [0.05, 0.1) is 19.1 Å². The van der Waals surface area contributed by atoms with Crippen molar-refractivity contribution in [2.45, 2.75) is 26.2 Å². The number of hydrogen-bond donors (Lipinski definition) is 0. The molecule has 0 fully saturated rings. The van der Waals surface area contributed by atoms with Gasteiger partial charge in [0.1, 0.15) is 0 Å². The van der Waals surface area contributed by atoms with Crippen LogP contribution in [0.5, 0.6) is 0 Å². The zero-order chi connectivity index (χ0) is 18.9. The van der Waals surface area contributed by atoms with Crippen LogP contribution in [0.3, 0.4) is 0 Å². The Hall–Kier alpha value is -2.70. The molecule has 25 heavy (non-hydrogen) atoms. The molecule has 0 heterocycles. The first-order valence-electron chi connectivity index (χ1n) is 8.06. The second-order valence-electron chi connectivity index (χ2n) is 5.38. The Morgan fingerprint density at radius 3 is 2.12 bits per heavy atom. The van der Waals surface area contributed by atoms with Crippen LogP contribution in [0.25, 0.3) is 0 Å². The number of ether oxygens (including phenoxy) is 2. The molecule has 7 nitrogen and oxygen atoms in total. The van der Waals surface area contributed by atoms with Crippen LogP contribution in [0.4, 0.5) is 0 Å². The van der Waals surface area contributed by atoms with Gasteiger partial charge in [0.2, 0.25) is 6.54 Å². The van der Waals surface area contributed by atoms with Gasteiger partial charge in [-0.2, -0.15) is 0 Å². The first-order valence-corrected chi connectivity index (χ1v) is 8.06. The maximum Gasteiger partial charge on any atom is 0.324 e. The molecule has 1 aromatic rings. The number of nitrogens with zero attached hydrogens (tertiary/aromatic N) is 1. The van der Waals surface area contributed by atoms with E-state index in [4.69, 9.17) is 9.47 Å². The van der Waals surface area contributed by atoms with Crippen molar-refractivity contribution in [3.63, 3.8) is 0 Å². The Morgan fingerprint density at radius 2 is 1.72 bits per heavy atom. The minimum absolute atomic E-state index is 0.0388. The number of carbonyl (C=O) groups is 2. The SMILES string of the molecule is C=CCC(C(=O)OCC)(C(=O)OCC)[C@H](C[N+](=O)[O-])c1ccccc1. The molecule has 0 aromatic heterocycles. The monoisotopic (exact) mass is 349 g/mol. The quantitative estimate of drug-likeness (QED) is 0.212. The summed E-state index contributed by atoms with van der Waals surface area (Å²) in [6.45, 7) is 6.27. The highest BCUT2D eigenvalue weighted by Crippen LogP contribution is 2.42. The fourth-order valence-electron chi connectivity index (χ4n) is 2.80. The number of rotatable bonds is 10. The molecule has 0 saturated heterocycles. The fourth-order valence-corrected chi connectivity index (χ4v) is 2.80. The van der Waals surface area contributed by atoms with Gasteiger partial charge in [-0.3, -0.25) is 19.7 Å². The smallest absolute Gasteiger partial charge is 0.324 e. The number of nitro groups is 1. The lowest BCUT2D eigenvalue weighted by atomic mass is 9.69. The summed E-state index contributed by atoms with van der Waals surface area (Å²) in [5, 5.41) is 11.3. The van der Waals surface area contributed by atoms with Gasteiger partial charge >= 0.3 is 11.9 Å².